The van der Waals surface area contributed by atoms with Crippen LogP contribution in [0.25, 0.3) is 10.2 Å². The summed E-state index contributed by atoms with van der Waals surface area (Å²) in [7, 11) is 1.73. The molecule has 1 N–H and O–H groups in total. The molecule has 0 radical (unpaired) electrons. The third-order valence-electron chi connectivity index (χ3n) is 2.62. The highest BCUT2D eigenvalue weighted by molar-refractivity contribution is 7.17. The summed E-state index contributed by atoms with van der Waals surface area (Å²) < 4.78 is 6.41. The van der Waals surface area contributed by atoms with Crippen LogP contribution in [0.3, 0.4) is 0 Å². The summed E-state index contributed by atoms with van der Waals surface area (Å²) in [5, 5.41) is 5.47. The van der Waals surface area contributed by atoms with Crippen LogP contribution < -0.4 is 5.32 Å². The van der Waals surface area contributed by atoms with Gasteiger partial charge in [0.1, 0.15) is 6.33 Å². The number of methoxy groups -OCH3 is 1. The lowest BCUT2D eigenvalue weighted by Crippen LogP contribution is -2.35. The molecule has 1 atom stereocenters. The summed E-state index contributed by atoms with van der Waals surface area (Å²) in [6.07, 6.45) is 2.52. The van der Waals surface area contributed by atoms with Crippen LogP contribution in [-0.4, -0.2) is 36.3 Å². The van der Waals surface area contributed by atoms with Crippen LogP contribution in [0.1, 0.15) is 12.6 Å². The first-order valence-electron chi connectivity index (χ1n) is 5.74. The molecule has 1 unspecified atom stereocenters. The third kappa shape index (κ3) is 3.00. The summed E-state index contributed by atoms with van der Waals surface area (Å²) in [5.41, 5.74) is 2.14. The maximum absolute atomic E-state index is 5.22. The van der Waals surface area contributed by atoms with Crippen LogP contribution in [0.4, 0.5) is 0 Å². The number of nitrogens with one attached hydrogen (secondary N) is 1. The zero-order chi connectivity index (χ0) is 12.1. The lowest BCUT2D eigenvalue weighted by atomic mass is 10.1. The Labute approximate surface area is 105 Å². The van der Waals surface area contributed by atoms with Crippen LogP contribution in [0.5, 0.6) is 0 Å². The number of hydrogen-bond donors (Lipinski definition) is 1. The van der Waals surface area contributed by atoms with Gasteiger partial charge < -0.3 is 10.1 Å². The number of likely N-dealkylation sites (N-methyl/N-ethyl adjacent to an activating group) is 1. The zero-order valence-electron chi connectivity index (χ0n) is 10.1. The number of nitrogens with zero attached hydrogens (tertiary/aromatic N) is 2. The second-order valence-electron chi connectivity index (χ2n) is 3.87. The van der Waals surface area contributed by atoms with Crippen LogP contribution in [0.2, 0.25) is 0 Å². The summed E-state index contributed by atoms with van der Waals surface area (Å²) in [5.74, 6) is 0. The topological polar surface area (TPSA) is 47.0 Å². The molecule has 0 aliphatic rings. The Morgan fingerprint density at radius 1 is 1.47 bits per heavy atom. The SMILES string of the molecule is CCNC(COC)Cc1ncnc2ccsc12. The normalized spacial score (nSPS) is 13.1. The average Bonchev–Trinajstić information content (AvgIpc) is 2.79. The summed E-state index contributed by atoms with van der Waals surface area (Å²) in [6, 6.07) is 2.34. The van der Waals surface area contributed by atoms with Gasteiger partial charge >= 0.3 is 0 Å². The molecule has 0 amide bonds. The van der Waals surface area contributed by atoms with Gasteiger partial charge in [0.15, 0.2) is 0 Å². The van der Waals surface area contributed by atoms with E-state index in [4.69, 9.17) is 4.74 Å². The summed E-state index contributed by atoms with van der Waals surface area (Å²) in [4.78, 5) is 8.64. The number of fused-ring (bicyclic) bond motifs is 1. The monoisotopic (exact) mass is 251 g/mol. The molecule has 2 rings (SSSR count). The zero-order valence-corrected chi connectivity index (χ0v) is 11.0. The smallest absolute Gasteiger partial charge is 0.116 e. The van der Waals surface area contributed by atoms with Crippen molar-refractivity contribution in [1.82, 2.24) is 15.3 Å². The van der Waals surface area contributed by atoms with Gasteiger partial charge in [-0.25, -0.2) is 9.97 Å². The predicted molar refractivity (Wildman–Crippen MR) is 70.5 cm³/mol. The van der Waals surface area contributed by atoms with Crippen LogP contribution in [0, 0.1) is 0 Å². The second kappa shape index (κ2) is 6.05. The Morgan fingerprint density at radius 3 is 3.12 bits per heavy atom. The standard InChI is InChI=1S/C12H17N3OS/c1-3-13-9(7-16-2)6-11-12-10(4-5-17-12)14-8-15-11/h4-5,8-9,13H,3,6-7H2,1-2H3. The molecular weight excluding hydrogens is 234 g/mol. The number of rotatable bonds is 6. The minimum atomic E-state index is 0.310. The molecule has 0 aliphatic heterocycles. The van der Waals surface area contributed by atoms with Crippen molar-refractivity contribution in [1.29, 1.82) is 0 Å². The maximum Gasteiger partial charge on any atom is 0.116 e. The van der Waals surface area contributed by atoms with Gasteiger partial charge in [-0.05, 0) is 18.0 Å². The number of ether oxygens (including phenoxy) is 1. The lowest BCUT2D eigenvalue weighted by Gasteiger charge is -2.16. The van der Waals surface area contributed by atoms with Gasteiger partial charge in [0, 0.05) is 19.6 Å². The van der Waals surface area contributed by atoms with Crippen molar-refractivity contribution in [3.05, 3.63) is 23.5 Å². The van der Waals surface area contributed by atoms with E-state index in [1.165, 1.54) is 4.70 Å². The van der Waals surface area contributed by atoms with Crippen LogP contribution >= 0.6 is 11.3 Å². The Kier molecular flexibility index (Phi) is 4.42. The number of aromatic nitrogens is 2. The second-order valence-corrected chi connectivity index (χ2v) is 4.79. The number of hydrogen-bond acceptors (Lipinski definition) is 5. The fraction of sp³-hybridized carbons (Fsp3) is 0.500. The highest BCUT2D eigenvalue weighted by Gasteiger charge is 2.12. The minimum absolute atomic E-state index is 0.310. The summed E-state index contributed by atoms with van der Waals surface area (Å²) >= 11 is 1.70. The Morgan fingerprint density at radius 2 is 2.35 bits per heavy atom. The van der Waals surface area contributed by atoms with E-state index in [9.17, 15) is 0 Å². The van der Waals surface area contributed by atoms with E-state index in [0.29, 0.717) is 12.6 Å². The van der Waals surface area contributed by atoms with Gasteiger partial charge in [0.25, 0.3) is 0 Å². The van der Waals surface area contributed by atoms with Crippen LogP contribution in [0.15, 0.2) is 17.8 Å². The van der Waals surface area contributed by atoms with E-state index < -0.39 is 0 Å². The van der Waals surface area contributed by atoms with E-state index in [-0.39, 0.29) is 0 Å². The molecule has 92 valence electrons. The molecule has 5 heteroatoms. The van der Waals surface area contributed by atoms with E-state index in [1.54, 1.807) is 24.8 Å². The molecule has 2 aromatic heterocycles. The van der Waals surface area contributed by atoms with E-state index in [1.807, 2.05) is 6.07 Å². The molecule has 2 heterocycles. The van der Waals surface area contributed by atoms with Crippen molar-refractivity contribution in [2.24, 2.45) is 0 Å². The van der Waals surface area contributed by atoms with E-state index in [0.717, 1.165) is 24.2 Å². The van der Waals surface area contributed by atoms with Gasteiger partial charge in [-0.2, -0.15) is 0 Å². The molecule has 0 spiro atoms. The fourth-order valence-electron chi connectivity index (χ4n) is 1.90. The van der Waals surface area contributed by atoms with Gasteiger partial charge in [0.2, 0.25) is 0 Å². The molecule has 0 bridgehead atoms. The van der Waals surface area contributed by atoms with Gasteiger partial charge in [0.05, 0.1) is 22.5 Å². The Hall–Kier alpha value is -1.04. The van der Waals surface area contributed by atoms with Crippen molar-refractivity contribution in [3.63, 3.8) is 0 Å². The van der Waals surface area contributed by atoms with Crippen molar-refractivity contribution in [2.75, 3.05) is 20.3 Å². The Balaban J connectivity index is 2.18. The highest BCUT2D eigenvalue weighted by Crippen LogP contribution is 2.21. The Bertz CT molecular complexity index is 465. The fourth-order valence-corrected chi connectivity index (χ4v) is 2.74. The first-order chi connectivity index (χ1) is 8.35. The molecule has 2 aromatic rings. The molecule has 17 heavy (non-hydrogen) atoms. The van der Waals surface area contributed by atoms with Gasteiger partial charge in [-0.3, -0.25) is 0 Å². The predicted octanol–water partition coefficient (Wildman–Crippen LogP) is 1.86. The maximum atomic E-state index is 5.22. The lowest BCUT2D eigenvalue weighted by molar-refractivity contribution is 0.166. The number of thiophene rings is 1. The molecular formula is C12H17N3OS. The van der Waals surface area contributed by atoms with Crippen molar-refractivity contribution in [3.8, 4) is 0 Å². The third-order valence-corrected chi connectivity index (χ3v) is 3.57. The molecule has 0 fully saturated rings. The molecule has 0 saturated heterocycles. The molecule has 0 saturated carbocycles. The molecule has 0 aromatic carbocycles. The highest BCUT2D eigenvalue weighted by atomic mass is 32.1. The quantitative estimate of drug-likeness (QED) is 0.851. The van der Waals surface area contributed by atoms with Gasteiger partial charge in [-0.1, -0.05) is 6.92 Å². The van der Waals surface area contributed by atoms with Crippen molar-refractivity contribution >= 4 is 21.6 Å². The van der Waals surface area contributed by atoms with E-state index >= 15 is 0 Å². The van der Waals surface area contributed by atoms with Crippen LogP contribution in [-0.2, 0) is 11.2 Å². The average molecular weight is 251 g/mol. The first-order valence-corrected chi connectivity index (χ1v) is 6.62. The van der Waals surface area contributed by atoms with Crippen molar-refractivity contribution < 1.29 is 4.74 Å². The first kappa shape index (κ1) is 12.4. The molecule has 4 nitrogen and oxygen atoms in total. The van der Waals surface area contributed by atoms with Crippen molar-refractivity contribution in [2.45, 2.75) is 19.4 Å². The largest absolute Gasteiger partial charge is 0.383 e. The summed E-state index contributed by atoms with van der Waals surface area (Å²) in [6.45, 7) is 3.74. The minimum Gasteiger partial charge on any atom is -0.383 e. The van der Waals surface area contributed by atoms with Gasteiger partial charge in [-0.15, -0.1) is 11.3 Å². The molecule has 0 aliphatic carbocycles. The van der Waals surface area contributed by atoms with E-state index in [2.05, 4.69) is 27.6 Å².